The van der Waals surface area contributed by atoms with Crippen LogP contribution < -0.4 is 0 Å². The summed E-state index contributed by atoms with van der Waals surface area (Å²) >= 11 is 0. The molecule has 0 radical (unpaired) electrons. The van der Waals surface area contributed by atoms with E-state index in [1.54, 1.807) is 0 Å². The van der Waals surface area contributed by atoms with E-state index in [1.807, 2.05) is 0 Å². The van der Waals surface area contributed by atoms with Gasteiger partial charge >= 0.3 is 0 Å². The Balaban J connectivity index is 3.03. The first-order chi connectivity index (χ1) is 6.27. The lowest BCUT2D eigenvalue weighted by molar-refractivity contribution is 0.417. The molecular weight excluding hydrogens is 158 g/mol. The normalized spacial score (nSPS) is 11.7. The van der Waals surface area contributed by atoms with Crippen LogP contribution in [0.5, 0.6) is 0 Å². The van der Waals surface area contributed by atoms with Gasteiger partial charge in [0.15, 0.2) is 0 Å². The molecule has 0 bridgehead atoms. The predicted molar refractivity (Wildman–Crippen MR) is 61.1 cm³/mol. The summed E-state index contributed by atoms with van der Waals surface area (Å²) in [5.74, 6) is 0. The van der Waals surface area contributed by atoms with E-state index >= 15 is 0 Å². The van der Waals surface area contributed by atoms with Gasteiger partial charge in [-0.2, -0.15) is 0 Å². The van der Waals surface area contributed by atoms with Crippen molar-refractivity contribution < 1.29 is 0 Å². The number of rotatable bonds is 8. The predicted octanol–water partition coefficient (Wildman–Crippen LogP) is 3.46. The molecule has 0 atom stereocenters. The van der Waals surface area contributed by atoms with Crippen molar-refractivity contribution in [2.45, 2.75) is 45.4 Å². The molecule has 0 aromatic rings. The van der Waals surface area contributed by atoms with Crippen molar-refractivity contribution in [3.63, 3.8) is 0 Å². The lowest BCUT2D eigenvalue weighted by Crippen LogP contribution is -2.11. The molecule has 0 aliphatic rings. The van der Waals surface area contributed by atoms with Crippen molar-refractivity contribution >= 4 is 0 Å². The smallest absolute Gasteiger partial charge is 0.000980 e. The molecule has 0 N–H and O–H groups in total. The third kappa shape index (κ3) is 11.7. The summed E-state index contributed by atoms with van der Waals surface area (Å²) in [5, 5.41) is 0. The highest BCUT2D eigenvalue weighted by atomic mass is 15.0. The van der Waals surface area contributed by atoms with Crippen LogP contribution in [0, 0.1) is 0 Å². The van der Waals surface area contributed by atoms with Crippen LogP contribution in [0.2, 0.25) is 0 Å². The fourth-order valence-electron chi connectivity index (χ4n) is 1.26. The molecular formula is C12H25N. The minimum Gasteiger partial charge on any atom is -0.309 e. The van der Waals surface area contributed by atoms with E-state index in [0.717, 1.165) is 0 Å². The third-order valence-corrected chi connectivity index (χ3v) is 2.13. The number of hydrogen-bond acceptors (Lipinski definition) is 1. The summed E-state index contributed by atoms with van der Waals surface area (Å²) in [4.78, 5) is 2.22. The van der Waals surface area contributed by atoms with Gasteiger partial charge in [-0.15, -0.1) is 0 Å². The Bertz CT molecular complexity index is 116. The topological polar surface area (TPSA) is 3.24 Å². The largest absolute Gasteiger partial charge is 0.309 e. The Labute approximate surface area is 83.8 Å². The maximum absolute atomic E-state index is 2.33. The van der Waals surface area contributed by atoms with Gasteiger partial charge in [-0.1, -0.05) is 38.3 Å². The lowest BCUT2D eigenvalue weighted by Gasteiger charge is -2.05. The van der Waals surface area contributed by atoms with Crippen LogP contribution in [0.3, 0.4) is 0 Å². The first-order valence-corrected chi connectivity index (χ1v) is 5.57. The minimum atomic E-state index is 1.17. The molecule has 0 unspecified atom stereocenters. The summed E-state index contributed by atoms with van der Waals surface area (Å²) in [6.45, 7) is 3.43. The van der Waals surface area contributed by atoms with Crippen LogP contribution >= 0.6 is 0 Å². The van der Waals surface area contributed by atoms with Crippen LogP contribution in [0.1, 0.15) is 45.4 Å². The molecule has 0 saturated heterocycles. The van der Waals surface area contributed by atoms with Crippen molar-refractivity contribution in [2.75, 3.05) is 20.6 Å². The van der Waals surface area contributed by atoms with E-state index < -0.39 is 0 Å². The van der Waals surface area contributed by atoms with E-state index in [9.17, 15) is 0 Å². The van der Waals surface area contributed by atoms with Crippen LogP contribution in [-0.4, -0.2) is 25.5 Å². The molecule has 0 spiro atoms. The standard InChI is InChI=1S/C12H25N/c1-4-5-6-7-8-9-10-11-12-13(2)3/h9-10H,4-8,11-12H2,1-3H3/b10-9-. The molecule has 13 heavy (non-hydrogen) atoms. The van der Waals surface area contributed by atoms with Gasteiger partial charge in [-0.05, 0) is 33.4 Å². The second-order valence-electron chi connectivity index (χ2n) is 3.91. The Kier molecular flexibility index (Phi) is 9.56. The summed E-state index contributed by atoms with van der Waals surface area (Å²) in [6, 6.07) is 0. The van der Waals surface area contributed by atoms with Gasteiger partial charge in [0.25, 0.3) is 0 Å². The molecule has 0 saturated carbocycles. The first kappa shape index (κ1) is 12.7. The van der Waals surface area contributed by atoms with Crippen LogP contribution in [-0.2, 0) is 0 Å². The molecule has 0 rings (SSSR count). The van der Waals surface area contributed by atoms with Gasteiger partial charge in [0.2, 0.25) is 0 Å². The highest BCUT2D eigenvalue weighted by Crippen LogP contribution is 2.03. The summed E-state index contributed by atoms with van der Waals surface area (Å²) in [5.41, 5.74) is 0. The van der Waals surface area contributed by atoms with E-state index in [-0.39, 0.29) is 0 Å². The van der Waals surface area contributed by atoms with Crippen molar-refractivity contribution in [1.82, 2.24) is 4.90 Å². The zero-order chi connectivity index (χ0) is 9.94. The molecule has 0 aliphatic heterocycles. The first-order valence-electron chi connectivity index (χ1n) is 5.57. The third-order valence-electron chi connectivity index (χ3n) is 2.13. The second-order valence-corrected chi connectivity index (χ2v) is 3.91. The fourth-order valence-corrected chi connectivity index (χ4v) is 1.26. The van der Waals surface area contributed by atoms with Gasteiger partial charge in [-0.3, -0.25) is 0 Å². The van der Waals surface area contributed by atoms with E-state index in [4.69, 9.17) is 0 Å². The van der Waals surface area contributed by atoms with E-state index in [0.29, 0.717) is 0 Å². The average molecular weight is 183 g/mol. The maximum Gasteiger partial charge on any atom is 0.000980 e. The quantitative estimate of drug-likeness (QED) is 0.411. The Morgan fingerprint density at radius 2 is 1.62 bits per heavy atom. The van der Waals surface area contributed by atoms with E-state index in [2.05, 4.69) is 38.1 Å². The minimum absolute atomic E-state index is 1.17. The molecule has 1 heteroatoms. The summed E-state index contributed by atoms with van der Waals surface area (Å²) in [7, 11) is 4.24. The highest BCUT2D eigenvalue weighted by Gasteiger charge is 1.86. The molecule has 78 valence electrons. The van der Waals surface area contributed by atoms with Gasteiger partial charge in [-0.25, -0.2) is 0 Å². The Morgan fingerprint density at radius 1 is 0.923 bits per heavy atom. The average Bonchev–Trinajstić information content (AvgIpc) is 2.09. The SMILES string of the molecule is CCCCCC/C=C\CCN(C)C. The highest BCUT2D eigenvalue weighted by molar-refractivity contribution is 4.81. The Morgan fingerprint density at radius 3 is 2.23 bits per heavy atom. The molecule has 0 aromatic carbocycles. The molecule has 0 heterocycles. The molecule has 0 amide bonds. The van der Waals surface area contributed by atoms with Crippen LogP contribution in [0.4, 0.5) is 0 Å². The zero-order valence-electron chi connectivity index (χ0n) is 9.55. The van der Waals surface area contributed by atoms with Gasteiger partial charge in [0.1, 0.15) is 0 Å². The Hall–Kier alpha value is -0.300. The number of nitrogens with zero attached hydrogens (tertiary/aromatic N) is 1. The molecule has 0 aliphatic carbocycles. The second kappa shape index (κ2) is 9.79. The summed E-state index contributed by atoms with van der Waals surface area (Å²) < 4.78 is 0. The fraction of sp³-hybridized carbons (Fsp3) is 0.833. The number of hydrogen-bond donors (Lipinski definition) is 0. The van der Waals surface area contributed by atoms with Gasteiger partial charge in [0, 0.05) is 6.54 Å². The molecule has 0 aromatic heterocycles. The van der Waals surface area contributed by atoms with Crippen LogP contribution in [0.25, 0.3) is 0 Å². The molecule has 0 fully saturated rings. The van der Waals surface area contributed by atoms with Gasteiger partial charge in [0.05, 0.1) is 0 Å². The number of unbranched alkanes of at least 4 members (excludes halogenated alkanes) is 4. The van der Waals surface area contributed by atoms with Crippen LogP contribution in [0.15, 0.2) is 12.2 Å². The zero-order valence-corrected chi connectivity index (χ0v) is 9.55. The van der Waals surface area contributed by atoms with E-state index in [1.165, 1.54) is 45.1 Å². The van der Waals surface area contributed by atoms with Crippen molar-refractivity contribution in [3.8, 4) is 0 Å². The lowest BCUT2D eigenvalue weighted by atomic mass is 10.1. The summed E-state index contributed by atoms with van der Waals surface area (Å²) in [6.07, 6.45) is 12.6. The number of allylic oxidation sites excluding steroid dienone is 1. The molecule has 1 nitrogen and oxygen atoms in total. The monoisotopic (exact) mass is 183 g/mol. The maximum atomic E-state index is 2.33. The van der Waals surface area contributed by atoms with Crippen molar-refractivity contribution in [1.29, 1.82) is 0 Å². The van der Waals surface area contributed by atoms with Crippen molar-refractivity contribution in [2.24, 2.45) is 0 Å². The van der Waals surface area contributed by atoms with Crippen molar-refractivity contribution in [3.05, 3.63) is 12.2 Å². The van der Waals surface area contributed by atoms with Gasteiger partial charge < -0.3 is 4.90 Å².